The topological polar surface area (TPSA) is 52.6 Å². The summed E-state index contributed by atoms with van der Waals surface area (Å²) in [6, 6.07) is 0. The van der Waals surface area contributed by atoms with E-state index in [4.69, 9.17) is 32.7 Å². The molecule has 1 rings (SSSR count). The second kappa shape index (κ2) is 8.59. The molecule has 0 aromatic heterocycles. The SMILES string of the molecule is O=C1CC(Cl)CC(Cl)C(=O)OCCCCCCO1. The number of hydrogen-bond donors (Lipinski definition) is 0. The molecule has 1 heterocycles. The van der Waals surface area contributed by atoms with Crippen molar-refractivity contribution in [2.45, 2.75) is 49.3 Å². The summed E-state index contributed by atoms with van der Waals surface area (Å²) in [5.74, 6) is -0.808. The van der Waals surface area contributed by atoms with Gasteiger partial charge in [-0.05, 0) is 32.1 Å². The minimum absolute atomic E-state index is 0.0675. The first-order valence-electron chi connectivity index (χ1n) is 6.20. The van der Waals surface area contributed by atoms with Crippen molar-refractivity contribution in [1.29, 1.82) is 0 Å². The molecule has 0 aliphatic carbocycles. The normalized spacial score (nSPS) is 29.0. The third-order valence-corrected chi connectivity index (χ3v) is 3.34. The van der Waals surface area contributed by atoms with Crippen molar-refractivity contribution < 1.29 is 19.1 Å². The maximum Gasteiger partial charge on any atom is 0.324 e. The summed E-state index contributed by atoms with van der Waals surface area (Å²) in [6.45, 7) is 0.807. The van der Waals surface area contributed by atoms with Gasteiger partial charge in [-0.1, -0.05) is 0 Å². The molecule has 0 saturated carbocycles. The molecule has 18 heavy (non-hydrogen) atoms. The van der Waals surface area contributed by atoms with Crippen molar-refractivity contribution in [1.82, 2.24) is 0 Å². The fraction of sp³-hybridized carbons (Fsp3) is 0.833. The Labute approximate surface area is 117 Å². The summed E-state index contributed by atoms with van der Waals surface area (Å²) < 4.78 is 10.1. The largest absolute Gasteiger partial charge is 0.466 e. The number of esters is 2. The van der Waals surface area contributed by atoms with Gasteiger partial charge < -0.3 is 9.47 Å². The van der Waals surface area contributed by atoms with Gasteiger partial charge in [0.25, 0.3) is 0 Å². The van der Waals surface area contributed by atoms with Crippen LogP contribution in [0.1, 0.15) is 38.5 Å². The van der Waals surface area contributed by atoms with Crippen molar-refractivity contribution in [3.8, 4) is 0 Å². The Morgan fingerprint density at radius 2 is 1.56 bits per heavy atom. The zero-order valence-corrected chi connectivity index (χ0v) is 11.7. The van der Waals surface area contributed by atoms with E-state index in [1.807, 2.05) is 0 Å². The Morgan fingerprint density at radius 1 is 0.944 bits per heavy atom. The lowest BCUT2D eigenvalue weighted by Crippen LogP contribution is -2.24. The average molecular weight is 297 g/mol. The zero-order valence-electron chi connectivity index (χ0n) is 10.2. The van der Waals surface area contributed by atoms with Crippen molar-refractivity contribution >= 4 is 35.1 Å². The molecular formula is C12H18Cl2O4. The molecule has 0 amide bonds. The predicted octanol–water partition coefficient (Wildman–Crippen LogP) is 2.64. The predicted molar refractivity (Wildman–Crippen MR) is 68.9 cm³/mol. The molecule has 0 bridgehead atoms. The summed E-state index contributed by atoms with van der Waals surface area (Å²) in [7, 11) is 0. The molecule has 0 aromatic carbocycles. The molecule has 1 aliphatic rings. The minimum atomic E-state index is -0.803. The van der Waals surface area contributed by atoms with Crippen LogP contribution in [0.25, 0.3) is 0 Å². The molecule has 1 aliphatic heterocycles. The lowest BCUT2D eigenvalue weighted by atomic mass is 10.1. The molecule has 1 fully saturated rings. The fourth-order valence-electron chi connectivity index (χ4n) is 1.65. The summed E-state index contributed by atoms with van der Waals surface area (Å²) in [5.41, 5.74) is 0. The van der Waals surface area contributed by atoms with Crippen LogP contribution in [0.4, 0.5) is 0 Å². The van der Waals surface area contributed by atoms with Crippen LogP contribution in [0.3, 0.4) is 0 Å². The zero-order chi connectivity index (χ0) is 13.4. The summed E-state index contributed by atoms with van der Waals surface area (Å²) in [6.07, 6.45) is 3.78. The molecule has 4 nitrogen and oxygen atoms in total. The number of carbonyl (C=O) groups is 2. The number of ether oxygens (including phenoxy) is 2. The van der Waals surface area contributed by atoms with Gasteiger partial charge in [0.05, 0.1) is 19.6 Å². The Balaban J connectivity index is 2.47. The maximum absolute atomic E-state index is 11.5. The van der Waals surface area contributed by atoms with Crippen LogP contribution in [0.5, 0.6) is 0 Å². The van der Waals surface area contributed by atoms with Crippen molar-refractivity contribution in [2.75, 3.05) is 13.2 Å². The van der Waals surface area contributed by atoms with Crippen LogP contribution >= 0.6 is 23.2 Å². The Bertz CT molecular complexity index is 283. The average Bonchev–Trinajstić information content (AvgIpc) is 2.30. The van der Waals surface area contributed by atoms with Crippen molar-refractivity contribution in [3.05, 3.63) is 0 Å². The lowest BCUT2D eigenvalue weighted by molar-refractivity contribution is -0.146. The quantitative estimate of drug-likeness (QED) is 0.509. The minimum Gasteiger partial charge on any atom is -0.466 e. The number of carbonyl (C=O) groups excluding carboxylic acids is 2. The smallest absolute Gasteiger partial charge is 0.324 e. The summed E-state index contributed by atoms with van der Waals surface area (Å²) in [4.78, 5) is 22.9. The van der Waals surface area contributed by atoms with E-state index in [1.54, 1.807) is 0 Å². The molecule has 0 aromatic rings. The van der Waals surface area contributed by atoms with E-state index in [-0.39, 0.29) is 18.8 Å². The van der Waals surface area contributed by atoms with Gasteiger partial charge in [-0.3, -0.25) is 9.59 Å². The standard InChI is InChI=1S/C12H18Cl2O4/c13-9-7-10(14)12(16)18-6-4-2-1-3-5-17-11(15)8-9/h9-10H,1-8H2. The third kappa shape index (κ3) is 6.45. The number of rotatable bonds is 0. The van der Waals surface area contributed by atoms with Gasteiger partial charge in [0.2, 0.25) is 0 Å². The van der Waals surface area contributed by atoms with E-state index in [0.29, 0.717) is 13.2 Å². The molecule has 1 saturated heterocycles. The second-order valence-corrected chi connectivity index (χ2v) is 5.45. The molecule has 2 unspecified atom stereocenters. The van der Waals surface area contributed by atoms with Crippen LogP contribution in [-0.4, -0.2) is 35.9 Å². The fourth-order valence-corrected chi connectivity index (χ4v) is 2.32. The second-order valence-electron chi connectivity index (χ2n) is 4.31. The van der Waals surface area contributed by atoms with Crippen LogP contribution in [0, 0.1) is 0 Å². The van der Waals surface area contributed by atoms with Crippen molar-refractivity contribution in [3.63, 3.8) is 0 Å². The van der Waals surface area contributed by atoms with Gasteiger partial charge in [-0.25, -0.2) is 0 Å². The first-order valence-corrected chi connectivity index (χ1v) is 7.07. The highest BCUT2D eigenvalue weighted by molar-refractivity contribution is 6.31. The molecule has 104 valence electrons. The van der Waals surface area contributed by atoms with E-state index in [9.17, 15) is 9.59 Å². The molecule has 0 radical (unpaired) electrons. The highest BCUT2D eigenvalue weighted by Gasteiger charge is 2.23. The van der Waals surface area contributed by atoms with E-state index >= 15 is 0 Å². The molecule has 6 heteroatoms. The van der Waals surface area contributed by atoms with E-state index in [0.717, 1.165) is 25.7 Å². The highest BCUT2D eigenvalue weighted by atomic mass is 35.5. The van der Waals surface area contributed by atoms with E-state index in [2.05, 4.69) is 0 Å². The van der Waals surface area contributed by atoms with Gasteiger partial charge in [-0.15, -0.1) is 23.2 Å². The number of cyclic esters (lactones) is 2. The van der Waals surface area contributed by atoms with E-state index < -0.39 is 16.7 Å². The molecular weight excluding hydrogens is 279 g/mol. The summed E-state index contributed by atoms with van der Waals surface area (Å²) in [5, 5.41) is -1.31. The summed E-state index contributed by atoms with van der Waals surface area (Å²) >= 11 is 11.8. The first-order chi connectivity index (χ1) is 8.59. The number of halogens is 2. The lowest BCUT2D eigenvalue weighted by Gasteiger charge is -2.14. The van der Waals surface area contributed by atoms with Gasteiger partial charge in [0, 0.05) is 5.38 Å². The van der Waals surface area contributed by atoms with Crippen molar-refractivity contribution in [2.24, 2.45) is 0 Å². The highest BCUT2D eigenvalue weighted by Crippen LogP contribution is 2.17. The Hall–Kier alpha value is -0.480. The number of hydrogen-bond acceptors (Lipinski definition) is 4. The van der Waals surface area contributed by atoms with Gasteiger partial charge in [0.1, 0.15) is 5.38 Å². The van der Waals surface area contributed by atoms with E-state index in [1.165, 1.54) is 0 Å². The molecule has 2 atom stereocenters. The third-order valence-electron chi connectivity index (χ3n) is 2.65. The molecule has 0 spiro atoms. The van der Waals surface area contributed by atoms with Crippen LogP contribution < -0.4 is 0 Å². The van der Waals surface area contributed by atoms with Gasteiger partial charge in [0.15, 0.2) is 0 Å². The van der Waals surface area contributed by atoms with Crippen LogP contribution in [0.2, 0.25) is 0 Å². The first kappa shape index (κ1) is 15.6. The Morgan fingerprint density at radius 3 is 2.22 bits per heavy atom. The maximum atomic E-state index is 11.5. The van der Waals surface area contributed by atoms with Gasteiger partial charge in [-0.2, -0.15) is 0 Å². The van der Waals surface area contributed by atoms with Crippen LogP contribution in [0.15, 0.2) is 0 Å². The van der Waals surface area contributed by atoms with Gasteiger partial charge >= 0.3 is 11.9 Å². The molecule has 0 N–H and O–H groups in total. The number of alkyl halides is 2. The Kier molecular flexibility index (Phi) is 7.44. The monoisotopic (exact) mass is 296 g/mol. The van der Waals surface area contributed by atoms with Crippen LogP contribution in [-0.2, 0) is 19.1 Å².